The molecule has 33 heavy (non-hydrogen) atoms. The van der Waals surface area contributed by atoms with Crippen LogP contribution in [0.4, 0.5) is 0 Å². The summed E-state index contributed by atoms with van der Waals surface area (Å²) in [5.74, 6) is -0.324. The zero-order chi connectivity index (χ0) is 23.6. The standard InChI is InChI=1S/C22H25IN4O6/c1-2-31-18-11-15(10-17(23)20(18)33-14-19(28)27-7-3-4-8-27)12-25-26-22(30)21(29)24-13-16-6-5-9-32-16/h5-6,9-12H,2-4,7-8,13-14H2,1H3,(H,24,29)(H,26,30)/b25-12-. The van der Waals surface area contributed by atoms with E-state index in [4.69, 9.17) is 13.9 Å². The lowest BCUT2D eigenvalue weighted by atomic mass is 10.2. The molecule has 3 rings (SSSR count). The molecular formula is C22H25IN4O6. The number of rotatable bonds is 9. The summed E-state index contributed by atoms with van der Waals surface area (Å²) in [5, 5.41) is 6.27. The highest BCUT2D eigenvalue weighted by atomic mass is 127. The van der Waals surface area contributed by atoms with E-state index >= 15 is 0 Å². The van der Waals surface area contributed by atoms with Crippen LogP contribution in [0.3, 0.4) is 0 Å². The number of carbonyl (C=O) groups excluding carboxylic acids is 3. The maximum Gasteiger partial charge on any atom is 0.329 e. The van der Waals surface area contributed by atoms with Crippen molar-refractivity contribution in [3.05, 3.63) is 45.4 Å². The summed E-state index contributed by atoms with van der Waals surface area (Å²) in [4.78, 5) is 37.8. The fraction of sp³-hybridized carbons (Fsp3) is 0.364. The van der Waals surface area contributed by atoms with Crippen molar-refractivity contribution in [2.75, 3.05) is 26.3 Å². The van der Waals surface area contributed by atoms with E-state index in [-0.39, 0.29) is 19.1 Å². The second kappa shape index (κ2) is 12.2. The molecule has 3 amide bonds. The molecule has 2 heterocycles. The Morgan fingerprint density at radius 3 is 2.70 bits per heavy atom. The van der Waals surface area contributed by atoms with Crippen molar-refractivity contribution in [2.45, 2.75) is 26.3 Å². The Kier molecular flexibility index (Phi) is 9.10. The average molecular weight is 568 g/mol. The van der Waals surface area contributed by atoms with E-state index in [0.717, 1.165) is 29.5 Å². The molecule has 0 bridgehead atoms. The third-order valence-corrected chi connectivity index (χ3v) is 5.52. The van der Waals surface area contributed by atoms with E-state index in [1.165, 1.54) is 12.5 Å². The van der Waals surface area contributed by atoms with E-state index in [2.05, 4.69) is 38.4 Å². The number of likely N-dealkylation sites (tertiary alicyclic amines) is 1. The second-order valence-corrected chi connectivity index (χ2v) is 8.26. The second-order valence-electron chi connectivity index (χ2n) is 7.10. The molecular weight excluding hydrogens is 543 g/mol. The van der Waals surface area contributed by atoms with E-state index in [1.54, 1.807) is 29.2 Å². The minimum absolute atomic E-state index is 0.0515. The van der Waals surface area contributed by atoms with Gasteiger partial charge in [0.1, 0.15) is 5.76 Å². The number of hydrazone groups is 1. The molecule has 0 unspecified atom stereocenters. The Morgan fingerprint density at radius 2 is 2.00 bits per heavy atom. The van der Waals surface area contributed by atoms with Gasteiger partial charge in [-0.3, -0.25) is 14.4 Å². The molecule has 0 spiro atoms. The maximum atomic E-state index is 12.3. The molecule has 10 nitrogen and oxygen atoms in total. The van der Waals surface area contributed by atoms with Crippen molar-refractivity contribution in [3.63, 3.8) is 0 Å². The summed E-state index contributed by atoms with van der Waals surface area (Å²) in [6.45, 7) is 3.81. The maximum absolute atomic E-state index is 12.3. The number of nitrogens with one attached hydrogen (secondary N) is 2. The number of nitrogens with zero attached hydrogens (tertiary/aromatic N) is 2. The number of hydrogen-bond donors (Lipinski definition) is 2. The first kappa shape index (κ1) is 24.6. The summed E-state index contributed by atoms with van der Waals surface area (Å²) in [7, 11) is 0. The van der Waals surface area contributed by atoms with Crippen LogP contribution in [-0.4, -0.2) is 55.1 Å². The molecule has 1 aliphatic heterocycles. The van der Waals surface area contributed by atoms with Crippen LogP contribution in [-0.2, 0) is 20.9 Å². The Labute approximate surface area is 204 Å². The van der Waals surface area contributed by atoms with Gasteiger partial charge in [-0.15, -0.1) is 0 Å². The predicted octanol–water partition coefficient (Wildman–Crippen LogP) is 2.05. The molecule has 0 radical (unpaired) electrons. The van der Waals surface area contributed by atoms with E-state index in [0.29, 0.717) is 29.4 Å². The van der Waals surface area contributed by atoms with Gasteiger partial charge >= 0.3 is 11.8 Å². The lowest BCUT2D eigenvalue weighted by molar-refractivity contribution is -0.139. The van der Waals surface area contributed by atoms with Gasteiger partial charge in [-0.05, 0) is 72.2 Å². The third kappa shape index (κ3) is 7.20. The van der Waals surface area contributed by atoms with Crippen LogP contribution >= 0.6 is 22.6 Å². The van der Waals surface area contributed by atoms with Crippen molar-refractivity contribution in [1.29, 1.82) is 0 Å². The van der Waals surface area contributed by atoms with E-state index < -0.39 is 11.8 Å². The largest absolute Gasteiger partial charge is 0.490 e. The molecule has 1 aromatic carbocycles. The van der Waals surface area contributed by atoms with Gasteiger partial charge in [0.15, 0.2) is 18.1 Å². The van der Waals surface area contributed by atoms with Crippen molar-refractivity contribution < 1.29 is 28.3 Å². The first-order valence-corrected chi connectivity index (χ1v) is 11.6. The van der Waals surface area contributed by atoms with Crippen LogP contribution in [0.1, 0.15) is 31.1 Å². The Morgan fingerprint density at radius 1 is 1.21 bits per heavy atom. The van der Waals surface area contributed by atoms with Crippen LogP contribution in [0.2, 0.25) is 0 Å². The van der Waals surface area contributed by atoms with Crippen LogP contribution < -0.4 is 20.2 Å². The van der Waals surface area contributed by atoms with E-state index in [9.17, 15) is 14.4 Å². The molecule has 2 N–H and O–H groups in total. The number of benzene rings is 1. The minimum atomic E-state index is -0.905. The van der Waals surface area contributed by atoms with Crippen molar-refractivity contribution in [3.8, 4) is 11.5 Å². The Hall–Kier alpha value is -3.09. The highest BCUT2D eigenvalue weighted by Crippen LogP contribution is 2.34. The van der Waals surface area contributed by atoms with Gasteiger partial charge in [-0.2, -0.15) is 5.10 Å². The smallest absolute Gasteiger partial charge is 0.329 e. The van der Waals surface area contributed by atoms with Gasteiger partial charge in [0.25, 0.3) is 5.91 Å². The molecule has 0 aliphatic carbocycles. The number of furan rings is 1. The van der Waals surface area contributed by atoms with Crippen molar-refractivity contribution in [1.82, 2.24) is 15.6 Å². The fourth-order valence-electron chi connectivity index (χ4n) is 3.13. The predicted molar refractivity (Wildman–Crippen MR) is 128 cm³/mol. The SMILES string of the molecule is CCOc1cc(/C=N\NC(=O)C(=O)NCc2ccco2)cc(I)c1OCC(=O)N1CCCC1. The number of halogens is 1. The summed E-state index contributed by atoms with van der Waals surface area (Å²) >= 11 is 2.09. The topological polar surface area (TPSA) is 122 Å². The quantitative estimate of drug-likeness (QED) is 0.207. The molecule has 1 saturated heterocycles. The van der Waals surface area contributed by atoms with Crippen LogP contribution in [0.15, 0.2) is 40.0 Å². The monoisotopic (exact) mass is 568 g/mol. The summed E-state index contributed by atoms with van der Waals surface area (Å²) < 4.78 is 17.3. The fourth-order valence-corrected chi connectivity index (χ4v) is 3.92. The highest BCUT2D eigenvalue weighted by molar-refractivity contribution is 14.1. The van der Waals surface area contributed by atoms with Crippen LogP contribution in [0, 0.1) is 3.57 Å². The van der Waals surface area contributed by atoms with Gasteiger partial charge in [-0.25, -0.2) is 5.43 Å². The Bertz CT molecular complexity index is 1000. The lowest BCUT2D eigenvalue weighted by Gasteiger charge is -2.18. The normalized spacial score (nSPS) is 13.2. The van der Waals surface area contributed by atoms with Crippen molar-refractivity contribution in [2.24, 2.45) is 5.10 Å². The minimum Gasteiger partial charge on any atom is -0.490 e. The first-order chi connectivity index (χ1) is 16.0. The first-order valence-electron chi connectivity index (χ1n) is 10.5. The molecule has 11 heteroatoms. The van der Waals surface area contributed by atoms with Gasteiger partial charge in [0, 0.05) is 13.1 Å². The lowest BCUT2D eigenvalue weighted by Crippen LogP contribution is -2.37. The molecule has 1 aromatic heterocycles. The highest BCUT2D eigenvalue weighted by Gasteiger charge is 2.20. The zero-order valence-corrected chi connectivity index (χ0v) is 20.3. The number of amides is 3. The zero-order valence-electron chi connectivity index (χ0n) is 18.1. The number of hydrogen-bond acceptors (Lipinski definition) is 7. The average Bonchev–Trinajstić information content (AvgIpc) is 3.51. The van der Waals surface area contributed by atoms with Gasteiger partial charge in [0.2, 0.25) is 0 Å². The van der Waals surface area contributed by atoms with Gasteiger partial charge in [0.05, 0.1) is 29.2 Å². The molecule has 0 saturated carbocycles. The van der Waals surface area contributed by atoms with Crippen LogP contribution in [0.5, 0.6) is 11.5 Å². The molecule has 0 atom stereocenters. The summed E-state index contributed by atoms with van der Waals surface area (Å²) in [5.41, 5.74) is 2.80. The number of carbonyl (C=O) groups is 3. The summed E-state index contributed by atoms with van der Waals surface area (Å²) in [6.07, 6.45) is 4.90. The third-order valence-electron chi connectivity index (χ3n) is 4.72. The molecule has 1 fully saturated rings. The molecule has 2 aromatic rings. The van der Waals surface area contributed by atoms with E-state index in [1.807, 2.05) is 6.92 Å². The van der Waals surface area contributed by atoms with Gasteiger partial charge in [-0.1, -0.05) is 0 Å². The molecule has 176 valence electrons. The Balaban J connectivity index is 1.58. The number of ether oxygens (including phenoxy) is 2. The van der Waals surface area contributed by atoms with Crippen LogP contribution in [0.25, 0.3) is 0 Å². The van der Waals surface area contributed by atoms with Crippen molar-refractivity contribution >= 4 is 46.5 Å². The van der Waals surface area contributed by atoms with Gasteiger partial charge < -0.3 is 24.1 Å². The molecule has 1 aliphatic rings. The summed E-state index contributed by atoms with van der Waals surface area (Å²) in [6, 6.07) is 6.83.